The third-order valence-electron chi connectivity index (χ3n) is 4.79. The predicted molar refractivity (Wildman–Crippen MR) is 104 cm³/mol. The average molecular weight is 386 g/mol. The van der Waals surface area contributed by atoms with Gasteiger partial charge in [0.15, 0.2) is 0 Å². The molecule has 0 amide bonds. The van der Waals surface area contributed by atoms with E-state index in [2.05, 4.69) is 9.55 Å². The first-order valence-electron chi connectivity index (χ1n) is 9.04. The van der Waals surface area contributed by atoms with Crippen molar-refractivity contribution in [2.24, 2.45) is 0 Å². The van der Waals surface area contributed by atoms with Crippen LogP contribution in [0.1, 0.15) is 24.0 Å². The summed E-state index contributed by atoms with van der Waals surface area (Å²) in [7, 11) is 0. The molecule has 0 spiro atoms. The van der Waals surface area contributed by atoms with Crippen molar-refractivity contribution < 1.29 is 9.13 Å². The molecule has 27 heavy (non-hydrogen) atoms. The molecule has 0 unspecified atom stereocenters. The van der Waals surface area contributed by atoms with Gasteiger partial charge in [-0.1, -0.05) is 11.6 Å². The van der Waals surface area contributed by atoms with Crippen LogP contribution in [0, 0.1) is 19.7 Å². The molecule has 3 aromatic rings. The van der Waals surface area contributed by atoms with Crippen LogP contribution < -0.4 is 0 Å². The molecule has 0 N–H and O–H groups in total. The normalized spacial score (nSPS) is 16.9. The van der Waals surface area contributed by atoms with Gasteiger partial charge < -0.3 is 9.30 Å². The van der Waals surface area contributed by atoms with Gasteiger partial charge in [0.2, 0.25) is 0 Å². The van der Waals surface area contributed by atoms with E-state index < -0.39 is 5.82 Å². The van der Waals surface area contributed by atoms with E-state index in [1.165, 1.54) is 6.07 Å². The molecule has 1 atom stereocenters. The molecule has 140 valence electrons. The van der Waals surface area contributed by atoms with Gasteiger partial charge in [0.1, 0.15) is 11.6 Å². The Labute approximate surface area is 163 Å². The molecular formula is C21H21ClFN3O. The molecule has 1 aliphatic rings. The van der Waals surface area contributed by atoms with E-state index in [4.69, 9.17) is 21.3 Å². The number of halogens is 2. The van der Waals surface area contributed by atoms with Crippen LogP contribution in [0.2, 0.25) is 5.02 Å². The summed E-state index contributed by atoms with van der Waals surface area (Å²) in [5, 5.41) is 0.110. The van der Waals surface area contributed by atoms with Gasteiger partial charge in [-0.25, -0.2) is 9.37 Å². The average Bonchev–Trinajstić information content (AvgIpc) is 2.83. The summed E-state index contributed by atoms with van der Waals surface area (Å²) in [6.45, 7) is 7.31. The van der Waals surface area contributed by atoms with Crippen LogP contribution in [0.15, 0.2) is 30.3 Å². The molecule has 0 fully saturated rings. The molecule has 2 aromatic heterocycles. The van der Waals surface area contributed by atoms with Gasteiger partial charge in [-0.05, 0) is 51.1 Å². The minimum absolute atomic E-state index is 0.0603. The predicted octanol–water partition coefficient (Wildman–Crippen LogP) is 4.98. The molecule has 6 heteroatoms. The summed E-state index contributed by atoms with van der Waals surface area (Å²) in [5.74, 6) is 0.293. The van der Waals surface area contributed by atoms with Crippen molar-refractivity contribution in [1.29, 1.82) is 0 Å². The zero-order valence-electron chi connectivity index (χ0n) is 15.6. The molecule has 0 radical (unpaired) electrons. The van der Waals surface area contributed by atoms with Crippen LogP contribution in [-0.2, 0) is 17.7 Å². The zero-order chi connectivity index (χ0) is 19.1. The van der Waals surface area contributed by atoms with Gasteiger partial charge in [0, 0.05) is 34.6 Å². The Morgan fingerprint density at radius 2 is 1.85 bits per heavy atom. The number of hydrogen-bond acceptors (Lipinski definition) is 3. The fraction of sp³-hybridized carbons (Fsp3) is 0.333. The quantitative estimate of drug-likeness (QED) is 0.624. The van der Waals surface area contributed by atoms with Crippen molar-refractivity contribution in [3.8, 4) is 22.6 Å². The smallest absolute Gasteiger partial charge is 0.142 e. The van der Waals surface area contributed by atoms with Crippen molar-refractivity contribution in [1.82, 2.24) is 14.5 Å². The highest BCUT2D eigenvalue weighted by Crippen LogP contribution is 2.33. The van der Waals surface area contributed by atoms with Crippen LogP contribution in [0.4, 0.5) is 4.39 Å². The maximum absolute atomic E-state index is 14.1. The Morgan fingerprint density at radius 3 is 2.56 bits per heavy atom. The van der Waals surface area contributed by atoms with Gasteiger partial charge >= 0.3 is 0 Å². The second kappa shape index (κ2) is 7.06. The van der Waals surface area contributed by atoms with Gasteiger partial charge in [-0.2, -0.15) is 0 Å². The van der Waals surface area contributed by atoms with Crippen LogP contribution in [0.3, 0.4) is 0 Å². The maximum Gasteiger partial charge on any atom is 0.142 e. The van der Waals surface area contributed by atoms with Crippen molar-refractivity contribution in [3.05, 3.63) is 58.3 Å². The maximum atomic E-state index is 14.1. The third-order valence-corrected chi connectivity index (χ3v) is 5.09. The Balaban J connectivity index is 1.94. The first kappa shape index (κ1) is 18.1. The monoisotopic (exact) mass is 385 g/mol. The van der Waals surface area contributed by atoms with Gasteiger partial charge in [0.05, 0.1) is 30.0 Å². The van der Waals surface area contributed by atoms with Gasteiger partial charge in [0.25, 0.3) is 0 Å². The Morgan fingerprint density at radius 1 is 1.11 bits per heavy atom. The minimum Gasteiger partial charge on any atom is -0.376 e. The third kappa shape index (κ3) is 3.49. The highest BCUT2D eigenvalue weighted by atomic mass is 35.5. The molecule has 0 saturated heterocycles. The van der Waals surface area contributed by atoms with Crippen molar-refractivity contribution in [2.45, 2.75) is 39.8 Å². The topological polar surface area (TPSA) is 39.9 Å². The van der Waals surface area contributed by atoms with E-state index in [1.807, 2.05) is 39.0 Å². The number of aromatic nitrogens is 3. The number of imidazole rings is 1. The number of nitrogens with zero attached hydrogens (tertiary/aromatic N) is 3. The highest BCUT2D eigenvalue weighted by Gasteiger charge is 2.24. The number of aryl methyl sites for hydroxylation is 2. The molecule has 1 aliphatic heterocycles. The second-order valence-electron chi connectivity index (χ2n) is 7.04. The van der Waals surface area contributed by atoms with Gasteiger partial charge in [-0.15, -0.1) is 0 Å². The molecule has 0 saturated carbocycles. The summed E-state index contributed by atoms with van der Waals surface area (Å²) in [6, 6.07) is 8.91. The van der Waals surface area contributed by atoms with Crippen LogP contribution in [0.5, 0.6) is 0 Å². The van der Waals surface area contributed by atoms with Crippen LogP contribution in [0.25, 0.3) is 22.6 Å². The largest absolute Gasteiger partial charge is 0.376 e. The van der Waals surface area contributed by atoms with E-state index in [9.17, 15) is 4.39 Å². The summed E-state index contributed by atoms with van der Waals surface area (Å²) in [5.41, 5.74) is 5.65. The zero-order valence-corrected chi connectivity index (χ0v) is 16.3. The Bertz CT molecular complexity index is 995. The SMILES string of the molecule is Cc1cc(-c2nc(-c3ccc(Cl)c(F)c3)n3c2CCO[C@H](C)C3)cc(C)n1. The minimum atomic E-state index is -0.443. The first-order valence-corrected chi connectivity index (χ1v) is 9.42. The first-order chi connectivity index (χ1) is 12.9. The fourth-order valence-electron chi connectivity index (χ4n) is 3.66. The van der Waals surface area contributed by atoms with E-state index in [0.29, 0.717) is 18.7 Å². The van der Waals surface area contributed by atoms with Gasteiger partial charge in [-0.3, -0.25) is 4.98 Å². The lowest BCUT2D eigenvalue weighted by Gasteiger charge is -2.13. The summed E-state index contributed by atoms with van der Waals surface area (Å²) >= 11 is 5.87. The standard InChI is InChI=1S/C21H21ClFN3O/c1-12-8-16(9-13(2)24-12)20-19-6-7-27-14(3)11-26(19)21(25-20)15-4-5-17(22)18(23)10-15/h4-5,8-10,14H,6-7,11H2,1-3H3/t14-/m1/s1. The highest BCUT2D eigenvalue weighted by molar-refractivity contribution is 6.30. The Kier molecular flexibility index (Phi) is 4.74. The molecule has 0 aliphatic carbocycles. The van der Waals surface area contributed by atoms with Crippen molar-refractivity contribution in [2.75, 3.05) is 6.61 Å². The number of benzene rings is 1. The number of fused-ring (bicyclic) bond motifs is 1. The molecule has 4 nitrogen and oxygen atoms in total. The van der Waals surface area contributed by atoms with E-state index in [-0.39, 0.29) is 11.1 Å². The van der Waals surface area contributed by atoms with E-state index >= 15 is 0 Å². The summed E-state index contributed by atoms with van der Waals surface area (Å²) in [4.78, 5) is 9.40. The summed E-state index contributed by atoms with van der Waals surface area (Å²) in [6.07, 6.45) is 0.813. The Hall–Kier alpha value is -2.24. The molecule has 1 aromatic carbocycles. The van der Waals surface area contributed by atoms with Crippen molar-refractivity contribution >= 4 is 11.6 Å². The number of pyridine rings is 1. The van der Waals surface area contributed by atoms with E-state index in [0.717, 1.165) is 40.6 Å². The summed E-state index contributed by atoms with van der Waals surface area (Å²) < 4.78 is 22.1. The van der Waals surface area contributed by atoms with Crippen LogP contribution in [-0.4, -0.2) is 27.2 Å². The number of ether oxygens (including phenoxy) is 1. The number of hydrogen-bond donors (Lipinski definition) is 0. The molecule has 3 heterocycles. The fourth-order valence-corrected chi connectivity index (χ4v) is 3.78. The molecular weight excluding hydrogens is 365 g/mol. The lowest BCUT2D eigenvalue weighted by Crippen LogP contribution is -2.15. The molecule has 4 rings (SSSR count). The second-order valence-corrected chi connectivity index (χ2v) is 7.45. The van der Waals surface area contributed by atoms with Crippen LogP contribution >= 0.6 is 11.6 Å². The van der Waals surface area contributed by atoms with Crippen molar-refractivity contribution in [3.63, 3.8) is 0 Å². The lowest BCUT2D eigenvalue weighted by molar-refractivity contribution is 0.0666. The number of rotatable bonds is 2. The molecule has 0 bridgehead atoms. The lowest BCUT2D eigenvalue weighted by atomic mass is 10.1. The van der Waals surface area contributed by atoms with E-state index in [1.54, 1.807) is 6.07 Å².